The van der Waals surface area contributed by atoms with Crippen LogP contribution in [-0.4, -0.2) is 36.2 Å². The maximum absolute atomic E-state index is 5.89. The summed E-state index contributed by atoms with van der Waals surface area (Å²) in [5, 5.41) is 0. The smallest absolute Gasteiger partial charge is 0.0654 e. The standard InChI is InChI=1S/C12H25NO/c1-10-7-12(5,13(6)8-10)9-14-11(2,3)4/h10H,7-9H2,1-6H3/t10-,12?/m1/s1. The summed E-state index contributed by atoms with van der Waals surface area (Å²) in [7, 11) is 2.20. The summed E-state index contributed by atoms with van der Waals surface area (Å²) in [5.74, 6) is 0.800. The second kappa shape index (κ2) is 3.82. The molecule has 1 heterocycles. The van der Waals surface area contributed by atoms with Crippen LogP contribution < -0.4 is 0 Å². The fourth-order valence-corrected chi connectivity index (χ4v) is 2.20. The van der Waals surface area contributed by atoms with E-state index in [1.165, 1.54) is 13.0 Å². The summed E-state index contributed by atoms with van der Waals surface area (Å²) in [6.07, 6.45) is 1.25. The van der Waals surface area contributed by atoms with E-state index < -0.39 is 0 Å². The lowest BCUT2D eigenvalue weighted by atomic mass is 9.96. The van der Waals surface area contributed by atoms with E-state index in [2.05, 4.69) is 46.6 Å². The number of rotatable bonds is 2. The normalized spacial score (nSPS) is 35.1. The molecule has 2 heteroatoms. The number of hydrogen-bond acceptors (Lipinski definition) is 2. The first-order chi connectivity index (χ1) is 6.23. The van der Waals surface area contributed by atoms with E-state index in [4.69, 9.17) is 4.74 Å². The fraction of sp³-hybridized carbons (Fsp3) is 1.00. The van der Waals surface area contributed by atoms with Crippen LogP contribution >= 0.6 is 0 Å². The molecule has 1 fully saturated rings. The summed E-state index contributed by atoms with van der Waals surface area (Å²) < 4.78 is 5.89. The lowest BCUT2D eigenvalue weighted by molar-refractivity contribution is -0.0519. The predicted octanol–water partition coefficient (Wildman–Crippen LogP) is 2.53. The van der Waals surface area contributed by atoms with E-state index >= 15 is 0 Å². The Kier molecular flexibility index (Phi) is 3.27. The number of likely N-dealkylation sites (tertiary alicyclic amines) is 1. The van der Waals surface area contributed by atoms with Crippen molar-refractivity contribution >= 4 is 0 Å². The highest BCUT2D eigenvalue weighted by Crippen LogP contribution is 2.32. The lowest BCUT2D eigenvalue weighted by Gasteiger charge is -2.34. The topological polar surface area (TPSA) is 12.5 Å². The van der Waals surface area contributed by atoms with Crippen molar-refractivity contribution in [2.75, 3.05) is 20.2 Å². The van der Waals surface area contributed by atoms with Crippen LogP contribution in [0.3, 0.4) is 0 Å². The molecule has 0 amide bonds. The molecule has 1 rings (SSSR count). The highest BCUT2D eigenvalue weighted by molar-refractivity contribution is 4.93. The van der Waals surface area contributed by atoms with Gasteiger partial charge >= 0.3 is 0 Å². The van der Waals surface area contributed by atoms with Crippen molar-refractivity contribution in [3.05, 3.63) is 0 Å². The number of nitrogens with zero attached hydrogens (tertiary/aromatic N) is 1. The molecule has 0 radical (unpaired) electrons. The molecule has 1 aliphatic heterocycles. The Morgan fingerprint density at radius 1 is 1.43 bits per heavy atom. The van der Waals surface area contributed by atoms with Crippen LogP contribution in [0.5, 0.6) is 0 Å². The van der Waals surface area contributed by atoms with Crippen molar-refractivity contribution in [2.24, 2.45) is 5.92 Å². The number of ether oxygens (including phenoxy) is 1. The van der Waals surface area contributed by atoms with E-state index in [1.807, 2.05) is 0 Å². The number of hydrogen-bond donors (Lipinski definition) is 0. The van der Waals surface area contributed by atoms with Crippen LogP contribution in [0.2, 0.25) is 0 Å². The van der Waals surface area contributed by atoms with Crippen LogP contribution in [0, 0.1) is 5.92 Å². The second-order valence-electron chi connectivity index (χ2n) is 6.09. The zero-order valence-electron chi connectivity index (χ0n) is 10.6. The highest BCUT2D eigenvalue weighted by atomic mass is 16.5. The molecule has 84 valence electrons. The molecule has 14 heavy (non-hydrogen) atoms. The van der Waals surface area contributed by atoms with Crippen LogP contribution in [0.25, 0.3) is 0 Å². The average Bonchev–Trinajstić information content (AvgIpc) is 2.22. The third kappa shape index (κ3) is 2.96. The number of likely N-dealkylation sites (N-methyl/N-ethyl adjacent to an activating group) is 1. The molecule has 2 atom stereocenters. The summed E-state index contributed by atoms with van der Waals surface area (Å²) in [5.41, 5.74) is 0.225. The molecular weight excluding hydrogens is 174 g/mol. The monoisotopic (exact) mass is 199 g/mol. The molecular formula is C12H25NO. The third-order valence-electron chi connectivity index (χ3n) is 3.11. The van der Waals surface area contributed by atoms with Crippen LogP contribution in [0.4, 0.5) is 0 Å². The van der Waals surface area contributed by atoms with Crippen LogP contribution in [0.1, 0.15) is 41.0 Å². The SMILES string of the molecule is C[C@H]1CN(C)C(C)(COC(C)(C)C)C1. The van der Waals surface area contributed by atoms with Gasteiger partial charge in [0.15, 0.2) is 0 Å². The quantitative estimate of drug-likeness (QED) is 0.677. The van der Waals surface area contributed by atoms with Crippen molar-refractivity contribution in [2.45, 2.75) is 52.2 Å². The predicted molar refractivity (Wildman–Crippen MR) is 60.5 cm³/mol. The van der Waals surface area contributed by atoms with Gasteiger partial charge < -0.3 is 4.74 Å². The molecule has 0 N–H and O–H groups in total. The summed E-state index contributed by atoms with van der Waals surface area (Å²) in [6.45, 7) is 13.0. The van der Waals surface area contributed by atoms with Gasteiger partial charge in [0.25, 0.3) is 0 Å². The van der Waals surface area contributed by atoms with Crippen molar-refractivity contribution in [3.63, 3.8) is 0 Å². The van der Waals surface area contributed by atoms with Crippen LogP contribution in [0.15, 0.2) is 0 Å². The Balaban J connectivity index is 2.50. The minimum Gasteiger partial charge on any atom is -0.374 e. The van der Waals surface area contributed by atoms with Gasteiger partial charge in [0.1, 0.15) is 0 Å². The molecule has 0 aromatic carbocycles. The zero-order chi connectivity index (χ0) is 11.0. The van der Waals surface area contributed by atoms with Crippen molar-refractivity contribution in [1.29, 1.82) is 0 Å². The molecule has 0 aliphatic carbocycles. The fourth-order valence-electron chi connectivity index (χ4n) is 2.20. The summed E-state index contributed by atoms with van der Waals surface area (Å²) in [6, 6.07) is 0. The van der Waals surface area contributed by atoms with Gasteiger partial charge in [-0.25, -0.2) is 0 Å². The van der Waals surface area contributed by atoms with Gasteiger partial charge in [-0.1, -0.05) is 6.92 Å². The van der Waals surface area contributed by atoms with Gasteiger partial charge in [0, 0.05) is 12.1 Å². The minimum absolute atomic E-state index is 0.0182. The van der Waals surface area contributed by atoms with Crippen LogP contribution in [-0.2, 0) is 4.74 Å². The maximum atomic E-state index is 5.89. The molecule has 0 bridgehead atoms. The second-order valence-corrected chi connectivity index (χ2v) is 6.09. The third-order valence-corrected chi connectivity index (χ3v) is 3.11. The Bertz CT molecular complexity index is 197. The molecule has 1 unspecified atom stereocenters. The highest BCUT2D eigenvalue weighted by Gasteiger charge is 2.38. The molecule has 1 saturated heterocycles. The maximum Gasteiger partial charge on any atom is 0.0654 e. The average molecular weight is 199 g/mol. The minimum atomic E-state index is -0.0182. The van der Waals surface area contributed by atoms with Gasteiger partial charge in [0.05, 0.1) is 12.2 Å². The first-order valence-corrected chi connectivity index (χ1v) is 5.58. The van der Waals surface area contributed by atoms with Crippen molar-refractivity contribution in [3.8, 4) is 0 Å². The Morgan fingerprint density at radius 3 is 2.36 bits per heavy atom. The molecule has 0 aromatic rings. The lowest BCUT2D eigenvalue weighted by Crippen LogP contribution is -2.44. The zero-order valence-corrected chi connectivity index (χ0v) is 10.6. The van der Waals surface area contributed by atoms with Crippen molar-refractivity contribution in [1.82, 2.24) is 4.90 Å². The molecule has 0 spiro atoms. The van der Waals surface area contributed by atoms with Gasteiger partial charge in [-0.3, -0.25) is 4.90 Å². The Labute approximate surface area is 88.6 Å². The molecule has 1 aliphatic rings. The van der Waals surface area contributed by atoms with E-state index in [0.29, 0.717) is 0 Å². The van der Waals surface area contributed by atoms with Crippen molar-refractivity contribution < 1.29 is 4.74 Å². The van der Waals surface area contributed by atoms with Gasteiger partial charge in [0.2, 0.25) is 0 Å². The Hall–Kier alpha value is -0.0800. The molecule has 2 nitrogen and oxygen atoms in total. The van der Waals surface area contributed by atoms with E-state index in [1.54, 1.807) is 0 Å². The van der Waals surface area contributed by atoms with Gasteiger partial charge in [-0.15, -0.1) is 0 Å². The van der Waals surface area contributed by atoms with E-state index in [9.17, 15) is 0 Å². The Morgan fingerprint density at radius 2 is 2.00 bits per heavy atom. The first-order valence-electron chi connectivity index (χ1n) is 5.58. The van der Waals surface area contributed by atoms with Gasteiger partial charge in [-0.2, -0.15) is 0 Å². The molecule has 0 saturated carbocycles. The summed E-state index contributed by atoms with van der Waals surface area (Å²) >= 11 is 0. The van der Waals surface area contributed by atoms with E-state index in [0.717, 1.165) is 12.5 Å². The van der Waals surface area contributed by atoms with E-state index in [-0.39, 0.29) is 11.1 Å². The largest absolute Gasteiger partial charge is 0.374 e. The van der Waals surface area contributed by atoms with Gasteiger partial charge in [-0.05, 0) is 47.1 Å². The summed E-state index contributed by atoms with van der Waals surface area (Å²) in [4.78, 5) is 2.43. The first kappa shape index (κ1) is 12.0. The molecule has 0 aromatic heterocycles.